The van der Waals surface area contributed by atoms with E-state index in [0.717, 1.165) is 11.1 Å². The Hall–Kier alpha value is -5.34. The lowest BCUT2D eigenvalue weighted by molar-refractivity contribution is -0.298. The lowest BCUT2D eigenvalue weighted by Crippen LogP contribution is -2.59. The number of aliphatic hydroxyl groups is 5. The normalized spacial score (nSPS) is 26.0. The zero-order valence-electron chi connectivity index (χ0n) is 37.0. The maximum atomic E-state index is 13.9. The van der Waals surface area contributed by atoms with Gasteiger partial charge < -0.3 is 64.6 Å². The highest BCUT2D eigenvalue weighted by Crippen LogP contribution is 2.45. The molecule has 2 fully saturated rings. The van der Waals surface area contributed by atoms with Crippen LogP contribution in [0.25, 0.3) is 6.08 Å². The summed E-state index contributed by atoms with van der Waals surface area (Å²) in [7, 11) is 0. The van der Waals surface area contributed by atoms with Gasteiger partial charge in [-0.3, -0.25) is 14.4 Å². The molecule has 17 nitrogen and oxygen atoms in total. The summed E-state index contributed by atoms with van der Waals surface area (Å²) in [5.41, 5.74) is 3.59. The molecule has 4 aliphatic rings. The van der Waals surface area contributed by atoms with Crippen LogP contribution in [0.2, 0.25) is 0 Å². The fourth-order valence-corrected chi connectivity index (χ4v) is 8.46. The fourth-order valence-electron chi connectivity index (χ4n) is 8.46. The van der Waals surface area contributed by atoms with E-state index in [1.54, 1.807) is 87.5 Å². The minimum Gasteiger partial charge on any atom is -0.460 e. The van der Waals surface area contributed by atoms with Crippen molar-refractivity contribution in [3.05, 3.63) is 124 Å². The third-order valence-corrected chi connectivity index (χ3v) is 11.7. The first kappa shape index (κ1) is 48.6. The molecule has 7 N–H and O–H groups in total. The number of benzene rings is 3. The van der Waals surface area contributed by atoms with Crippen molar-refractivity contribution < 1.29 is 73.1 Å². The predicted molar refractivity (Wildman–Crippen MR) is 235 cm³/mol. The summed E-state index contributed by atoms with van der Waals surface area (Å²) in [5, 5.41) is 55.3. The van der Waals surface area contributed by atoms with Gasteiger partial charge in [-0.1, -0.05) is 60.7 Å². The lowest BCUT2D eigenvalue weighted by atomic mass is 9.91. The first-order chi connectivity index (χ1) is 31.5. The third-order valence-electron chi connectivity index (χ3n) is 11.7. The molecule has 0 radical (unpaired) electrons. The van der Waals surface area contributed by atoms with Crippen molar-refractivity contribution in [3.63, 3.8) is 0 Å². The number of amides is 2. The Labute approximate surface area is 382 Å². The van der Waals surface area contributed by atoms with Gasteiger partial charge in [0.1, 0.15) is 48.3 Å². The SMILES string of the molecule is CC(C)(C)OC(=O)CC[C@@H](CO)NC(=O)c1cccc(CNC(=O)C2=C[C@H]3OC4(Cc5ccccc5C4)O[C@H]3[C@H](OC(=O)c3cccc(C=CCO[C@H]4O[C@H](CO)[C@H](O)[C@H](O)[C@H]4O)c3)C2)c1. The van der Waals surface area contributed by atoms with Gasteiger partial charge in [-0.15, -0.1) is 0 Å². The molecular formula is C49H58N2O15. The van der Waals surface area contributed by atoms with Crippen LogP contribution in [0.3, 0.4) is 0 Å². The molecule has 0 saturated carbocycles. The average molecular weight is 915 g/mol. The maximum absolute atomic E-state index is 13.9. The molecule has 0 bridgehead atoms. The van der Waals surface area contributed by atoms with E-state index in [4.69, 9.17) is 28.4 Å². The van der Waals surface area contributed by atoms with Crippen LogP contribution in [0.1, 0.15) is 83.0 Å². The summed E-state index contributed by atoms with van der Waals surface area (Å²) >= 11 is 0. The van der Waals surface area contributed by atoms with E-state index in [9.17, 15) is 44.7 Å². The number of carbonyl (C=O) groups is 4. The topological polar surface area (TPSA) is 249 Å². The Kier molecular flexibility index (Phi) is 15.5. The number of ether oxygens (including phenoxy) is 6. The van der Waals surface area contributed by atoms with Crippen LogP contribution in [0.4, 0.5) is 0 Å². The van der Waals surface area contributed by atoms with E-state index in [0.29, 0.717) is 35.1 Å². The zero-order valence-corrected chi connectivity index (χ0v) is 37.0. The average Bonchev–Trinajstić information content (AvgIpc) is 3.85. The lowest BCUT2D eigenvalue weighted by Gasteiger charge is -2.39. The Balaban J connectivity index is 0.993. The second-order valence-electron chi connectivity index (χ2n) is 18.0. The molecule has 0 unspecified atom stereocenters. The van der Waals surface area contributed by atoms with E-state index in [-0.39, 0.29) is 44.6 Å². The van der Waals surface area contributed by atoms with Gasteiger partial charge in [0.2, 0.25) is 5.91 Å². The predicted octanol–water partition coefficient (Wildman–Crippen LogP) is 2.18. The second kappa shape index (κ2) is 21.1. The smallest absolute Gasteiger partial charge is 0.338 e. The second-order valence-corrected chi connectivity index (χ2v) is 18.0. The monoisotopic (exact) mass is 914 g/mol. The number of hydrogen-bond acceptors (Lipinski definition) is 15. The van der Waals surface area contributed by atoms with Gasteiger partial charge in [0.05, 0.1) is 31.4 Å². The number of hydrogen-bond donors (Lipinski definition) is 7. The van der Waals surface area contributed by atoms with E-state index in [1.807, 2.05) is 24.3 Å². The Bertz CT molecular complexity index is 2260. The molecule has 9 atom stereocenters. The zero-order chi connectivity index (χ0) is 47.2. The van der Waals surface area contributed by atoms with Gasteiger partial charge in [-0.25, -0.2) is 4.79 Å². The number of carbonyl (C=O) groups excluding carboxylic acids is 4. The summed E-state index contributed by atoms with van der Waals surface area (Å²) in [6, 6.07) is 20.5. The van der Waals surface area contributed by atoms with Crippen molar-refractivity contribution in [2.45, 2.75) is 126 Å². The van der Waals surface area contributed by atoms with Gasteiger partial charge in [0, 0.05) is 43.4 Å². The Morgan fingerprint density at radius 3 is 2.32 bits per heavy atom. The number of aliphatic hydroxyl groups excluding tert-OH is 5. The largest absolute Gasteiger partial charge is 0.460 e. The molecule has 7 rings (SSSR count). The summed E-state index contributed by atoms with van der Waals surface area (Å²) < 4.78 is 35.6. The van der Waals surface area contributed by atoms with Crippen LogP contribution in [-0.2, 0) is 57.4 Å². The molecule has 66 heavy (non-hydrogen) atoms. The maximum Gasteiger partial charge on any atom is 0.338 e. The van der Waals surface area contributed by atoms with Gasteiger partial charge in [0.15, 0.2) is 12.1 Å². The molecule has 2 heterocycles. The Morgan fingerprint density at radius 1 is 0.879 bits per heavy atom. The van der Waals surface area contributed by atoms with Crippen molar-refractivity contribution in [2.24, 2.45) is 0 Å². The minimum atomic E-state index is -1.57. The number of rotatable bonds is 16. The number of nitrogens with one attached hydrogen (secondary N) is 2. The van der Waals surface area contributed by atoms with Gasteiger partial charge in [-0.05, 0) is 79.8 Å². The molecule has 3 aromatic rings. The van der Waals surface area contributed by atoms with E-state index < -0.39 is 96.8 Å². The van der Waals surface area contributed by atoms with Crippen LogP contribution in [0.15, 0.2) is 90.5 Å². The van der Waals surface area contributed by atoms with E-state index >= 15 is 0 Å². The highest BCUT2D eigenvalue weighted by molar-refractivity contribution is 5.95. The third kappa shape index (κ3) is 12.0. The van der Waals surface area contributed by atoms with Crippen LogP contribution in [0, 0.1) is 0 Å². The molecule has 0 aromatic heterocycles. The summed E-state index contributed by atoms with van der Waals surface area (Å²) in [6.45, 7) is 4.30. The summed E-state index contributed by atoms with van der Waals surface area (Å²) in [5.74, 6) is -2.99. The van der Waals surface area contributed by atoms with Crippen LogP contribution >= 0.6 is 0 Å². The van der Waals surface area contributed by atoms with Crippen molar-refractivity contribution in [3.8, 4) is 0 Å². The van der Waals surface area contributed by atoms with Gasteiger partial charge in [0.25, 0.3) is 5.91 Å². The quantitative estimate of drug-likeness (QED) is 0.102. The van der Waals surface area contributed by atoms with E-state index in [1.165, 1.54) is 0 Å². The van der Waals surface area contributed by atoms with Crippen molar-refractivity contribution in [1.82, 2.24) is 10.6 Å². The summed E-state index contributed by atoms with van der Waals surface area (Å²) in [6.07, 6.45) is -3.21. The molecule has 2 aliphatic heterocycles. The molecule has 17 heteroatoms. The van der Waals surface area contributed by atoms with Gasteiger partial charge in [-0.2, -0.15) is 0 Å². The van der Waals surface area contributed by atoms with Crippen LogP contribution < -0.4 is 10.6 Å². The molecule has 354 valence electrons. The van der Waals surface area contributed by atoms with Crippen molar-refractivity contribution >= 4 is 29.8 Å². The van der Waals surface area contributed by atoms with Crippen molar-refractivity contribution in [2.75, 3.05) is 19.8 Å². The Morgan fingerprint density at radius 2 is 1.61 bits per heavy atom. The highest BCUT2D eigenvalue weighted by atomic mass is 16.8. The van der Waals surface area contributed by atoms with Crippen LogP contribution in [-0.4, -0.2) is 136 Å². The molecular weight excluding hydrogens is 857 g/mol. The summed E-state index contributed by atoms with van der Waals surface area (Å²) in [4.78, 5) is 53.1. The highest BCUT2D eigenvalue weighted by Gasteiger charge is 2.55. The minimum absolute atomic E-state index is 0.0146. The standard InChI is InChI=1S/C49H58N2O15/c1-48(2,3)65-39(54)17-16-35(26-52)51-45(59)30-14-7-10-29(20-30)25-50-44(58)34-21-36(43-37(22-34)64-49(66-43)23-32-12-4-5-13-33(32)24-49)62-46(60)31-15-6-9-28(19-31)11-8-18-61-47-42(57)41(56)40(55)38(27-53)63-47/h4-15,19-20,22,35-38,40-43,47,52-53,55-57H,16-18,21,23-27H2,1-3H3,(H,50,58)(H,51,59)/t35-,36+,37+,38+,40-,41-,42+,43-,47-/m0/s1. The van der Waals surface area contributed by atoms with Gasteiger partial charge >= 0.3 is 11.9 Å². The molecule has 3 aromatic carbocycles. The first-order valence-electron chi connectivity index (χ1n) is 22.1. The fraction of sp³-hybridized carbons (Fsp3) is 0.469. The number of esters is 2. The van der Waals surface area contributed by atoms with Crippen molar-refractivity contribution in [1.29, 1.82) is 0 Å². The molecule has 2 saturated heterocycles. The molecule has 1 spiro atoms. The number of fused-ring (bicyclic) bond motifs is 2. The van der Waals surface area contributed by atoms with E-state index in [2.05, 4.69) is 10.6 Å². The first-order valence-corrected chi connectivity index (χ1v) is 22.1. The van der Waals surface area contributed by atoms with Crippen LogP contribution in [0.5, 0.6) is 0 Å². The molecule has 2 amide bonds. The molecule has 2 aliphatic carbocycles.